The van der Waals surface area contributed by atoms with Crippen LogP contribution in [0.15, 0.2) is 64.9 Å². The van der Waals surface area contributed by atoms with E-state index < -0.39 is 10.0 Å². The van der Waals surface area contributed by atoms with Crippen molar-refractivity contribution in [3.63, 3.8) is 0 Å². The number of hydrogen-bond acceptors (Lipinski definition) is 6. The first-order valence-corrected chi connectivity index (χ1v) is 11.2. The Morgan fingerprint density at radius 1 is 1.21 bits per heavy atom. The second kappa shape index (κ2) is 8.95. The molecule has 0 unspecified atom stereocenters. The highest BCUT2D eigenvalue weighted by Gasteiger charge is 2.19. The molecule has 0 saturated heterocycles. The van der Waals surface area contributed by atoms with Crippen molar-refractivity contribution in [2.75, 3.05) is 25.2 Å². The molecule has 11 heteroatoms. The summed E-state index contributed by atoms with van der Waals surface area (Å²) in [6.45, 7) is 0. The van der Waals surface area contributed by atoms with Crippen molar-refractivity contribution in [1.82, 2.24) is 19.1 Å². The van der Waals surface area contributed by atoms with Gasteiger partial charge in [-0.3, -0.25) is 9.36 Å². The third-order valence-corrected chi connectivity index (χ3v) is 6.96. The van der Waals surface area contributed by atoms with Crippen LogP contribution < -0.4 is 5.32 Å². The van der Waals surface area contributed by atoms with Gasteiger partial charge in [0.2, 0.25) is 15.9 Å². The van der Waals surface area contributed by atoms with Crippen LogP contribution in [-0.2, 0) is 14.8 Å². The highest BCUT2D eigenvalue weighted by molar-refractivity contribution is 7.99. The molecule has 8 nitrogen and oxygen atoms in total. The van der Waals surface area contributed by atoms with Crippen molar-refractivity contribution in [2.45, 2.75) is 10.1 Å². The van der Waals surface area contributed by atoms with E-state index in [2.05, 4.69) is 15.5 Å². The number of anilines is 1. The Hall–Kier alpha value is -2.40. The van der Waals surface area contributed by atoms with Crippen molar-refractivity contribution >= 4 is 45.0 Å². The van der Waals surface area contributed by atoms with Gasteiger partial charge in [-0.2, -0.15) is 0 Å². The Labute approximate surface area is 177 Å². The van der Waals surface area contributed by atoms with Crippen LogP contribution in [0, 0.1) is 0 Å². The third kappa shape index (κ3) is 4.96. The molecule has 3 rings (SSSR count). The number of nitrogens with zero attached hydrogens (tertiary/aromatic N) is 4. The summed E-state index contributed by atoms with van der Waals surface area (Å²) in [5.74, 6) is -0.300. The van der Waals surface area contributed by atoms with Crippen LogP contribution in [0.25, 0.3) is 5.69 Å². The molecule has 0 fully saturated rings. The van der Waals surface area contributed by atoms with Gasteiger partial charge in [0.1, 0.15) is 6.33 Å². The van der Waals surface area contributed by atoms with E-state index in [9.17, 15) is 13.2 Å². The lowest BCUT2D eigenvalue weighted by Crippen LogP contribution is -2.22. The predicted molar refractivity (Wildman–Crippen MR) is 113 cm³/mol. The molecule has 1 aromatic heterocycles. The first-order valence-electron chi connectivity index (χ1n) is 8.39. The Morgan fingerprint density at radius 2 is 1.93 bits per heavy atom. The summed E-state index contributed by atoms with van der Waals surface area (Å²) in [5, 5.41) is 11.4. The molecule has 152 valence electrons. The molecule has 0 spiro atoms. The second-order valence-electron chi connectivity index (χ2n) is 6.08. The molecule has 1 heterocycles. The van der Waals surface area contributed by atoms with Gasteiger partial charge in [-0.25, -0.2) is 12.7 Å². The van der Waals surface area contributed by atoms with E-state index in [0.29, 0.717) is 5.16 Å². The van der Waals surface area contributed by atoms with Crippen LogP contribution in [0.1, 0.15) is 0 Å². The van der Waals surface area contributed by atoms with Crippen LogP contribution >= 0.6 is 23.4 Å². The van der Waals surface area contributed by atoms with Crippen molar-refractivity contribution in [2.24, 2.45) is 0 Å². The zero-order chi connectivity index (χ0) is 21.0. The highest BCUT2D eigenvalue weighted by Crippen LogP contribution is 2.27. The smallest absolute Gasteiger partial charge is 0.242 e. The topological polar surface area (TPSA) is 97.2 Å². The summed E-state index contributed by atoms with van der Waals surface area (Å²) in [5.41, 5.74) is 1.11. The van der Waals surface area contributed by atoms with Crippen molar-refractivity contribution in [3.8, 4) is 5.69 Å². The molecule has 1 amide bonds. The third-order valence-electron chi connectivity index (χ3n) is 3.87. The number of carbonyl (C=O) groups is 1. The number of hydrogen-bond donors (Lipinski definition) is 1. The first-order chi connectivity index (χ1) is 13.8. The Bertz CT molecular complexity index is 1120. The number of benzene rings is 2. The minimum atomic E-state index is -3.64. The molecular weight excluding hydrogens is 434 g/mol. The second-order valence-corrected chi connectivity index (χ2v) is 9.59. The van der Waals surface area contributed by atoms with Gasteiger partial charge in [-0.1, -0.05) is 41.6 Å². The van der Waals surface area contributed by atoms with E-state index in [1.165, 1.54) is 44.1 Å². The van der Waals surface area contributed by atoms with E-state index in [0.717, 1.165) is 9.99 Å². The lowest BCUT2D eigenvalue weighted by Gasteiger charge is -2.13. The standard InChI is InChI=1S/C18H18ClN5O3S2/c1-23(2)29(26,27)14-8-9-15(19)16(10-14)21-17(25)11-28-18-22-20-12-24(18)13-6-4-3-5-7-13/h3-10,12H,11H2,1-2H3,(H,21,25). The normalized spacial score (nSPS) is 11.6. The molecule has 0 aliphatic carbocycles. The van der Waals surface area contributed by atoms with Gasteiger partial charge in [-0.15, -0.1) is 10.2 Å². The van der Waals surface area contributed by atoms with Gasteiger partial charge in [-0.05, 0) is 30.3 Å². The van der Waals surface area contributed by atoms with E-state index >= 15 is 0 Å². The number of aromatic nitrogens is 3. The van der Waals surface area contributed by atoms with Crippen LogP contribution in [-0.4, -0.2) is 53.2 Å². The summed E-state index contributed by atoms with van der Waals surface area (Å²) in [6, 6.07) is 13.7. The molecule has 0 saturated carbocycles. The van der Waals surface area contributed by atoms with E-state index in [1.54, 1.807) is 10.9 Å². The molecule has 0 atom stereocenters. The van der Waals surface area contributed by atoms with Crippen LogP contribution in [0.2, 0.25) is 5.02 Å². The monoisotopic (exact) mass is 451 g/mol. The number of rotatable bonds is 7. The van der Waals surface area contributed by atoms with Gasteiger partial charge in [0, 0.05) is 19.8 Å². The molecular formula is C18H18ClN5O3S2. The van der Waals surface area contributed by atoms with Crippen molar-refractivity contribution < 1.29 is 13.2 Å². The number of nitrogens with one attached hydrogen (secondary N) is 1. The van der Waals surface area contributed by atoms with E-state index in [1.807, 2.05) is 30.3 Å². The maximum atomic E-state index is 12.4. The fourth-order valence-corrected chi connectivity index (χ4v) is 4.20. The highest BCUT2D eigenvalue weighted by atomic mass is 35.5. The summed E-state index contributed by atoms with van der Waals surface area (Å²) < 4.78 is 27.4. The quantitative estimate of drug-likeness (QED) is 0.555. The SMILES string of the molecule is CN(C)S(=O)(=O)c1ccc(Cl)c(NC(=O)CSc2nncn2-c2ccccc2)c1. The minimum Gasteiger partial charge on any atom is -0.324 e. The minimum absolute atomic E-state index is 0.0404. The van der Waals surface area contributed by atoms with Gasteiger partial charge in [0.05, 0.1) is 21.4 Å². The van der Waals surface area contributed by atoms with Crippen molar-refractivity contribution in [1.29, 1.82) is 0 Å². The number of amides is 1. The average molecular weight is 452 g/mol. The summed E-state index contributed by atoms with van der Waals surface area (Å²) in [6.07, 6.45) is 1.57. The lowest BCUT2D eigenvalue weighted by atomic mass is 10.3. The molecule has 3 aromatic rings. The summed E-state index contributed by atoms with van der Waals surface area (Å²) in [4.78, 5) is 12.4. The van der Waals surface area contributed by atoms with E-state index in [-0.39, 0.29) is 27.3 Å². The first kappa shape index (κ1) is 21.3. The molecule has 0 bridgehead atoms. The van der Waals surface area contributed by atoms with Gasteiger partial charge >= 0.3 is 0 Å². The molecule has 29 heavy (non-hydrogen) atoms. The van der Waals surface area contributed by atoms with Crippen molar-refractivity contribution in [3.05, 3.63) is 59.9 Å². The number of thioether (sulfide) groups is 1. The van der Waals surface area contributed by atoms with Gasteiger partial charge < -0.3 is 5.32 Å². The fourth-order valence-electron chi connectivity index (χ4n) is 2.38. The predicted octanol–water partition coefficient (Wildman–Crippen LogP) is 2.90. The largest absolute Gasteiger partial charge is 0.324 e. The molecule has 1 N–H and O–H groups in total. The maximum absolute atomic E-state index is 12.4. The number of halogens is 1. The fraction of sp³-hybridized carbons (Fsp3) is 0.167. The summed E-state index contributed by atoms with van der Waals surface area (Å²) in [7, 11) is -0.775. The van der Waals surface area contributed by atoms with Gasteiger partial charge in [0.25, 0.3) is 0 Å². The maximum Gasteiger partial charge on any atom is 0.242 e. The zero-order valence-corrected chi connectivity index (χ0v) is 18.0. The average Bonchev–Trinajstić information content (AvgIpc) is 3.17. The molecule has 2 aromatic carbocycles. The number of para-hydroxylation sites is 1. The van der Waals surface area contributed by atoms with Crippen LogP contribution in [0.4, 0.5) is 5.69 Å². The summed E-state index contributed by atoms with van der Waals surface area (Å²) >= 11 is 7.32. The Kier molecular flexibility index (Phi) is 6.58. The van der Waals surface area contributed by atoms with Crippen LogP contribution in [0.5, 0.6) is 0 Å². The van der Waals surface area contributed by atoms with E-state index in [4.69, 9.17) is 11.6 Å². The molecule has 0 radical (unpaired) electrons. The lowest BCUT2D eigenvalue weighted by molar-refractivity contribution is -0.113. The zero-order valence-electron chi connectivity index (χ0n) is 15.6. The number of carbonyl (C=O) groups excluding carboxylic acids is 1. The Morgan fingerprint density at radius 3 is 2.62 bits per heavy atom. The number of sulfonamides is 1. The van der Waals surface area contributed by atoms with Gasteiger partial charge in [0.15, 0.2) is 5.16 Å². The molecule has 0 aliphatic heterocycles. The van der Waals surface area contributed by atoms with Crippen LogP contribution in [0.3, 0.4) is 0 Å². The Balaban J connectivity index is 1.71. The molecule has 0 aliphatic rings.